The number of methoxy groups -OCH3 is 5. The van der Waals surface area contributed by atoms with Crippen LogP contribution in [0.3, 0.4) is 0 Å². The molecule has 66 heavy (non-hydrogen) atoms. The standard InChI is InChI=1S/C51H45Cl2N3O10/c1-62-33-15-10-29(11-16-33)51-38(48(59)56(50(51)61)54-40-20-12-30(52)23-39(40)53)26-37-35(46(51)45-42(65-4)24-32(57)25-43(45)66-5)18-19-36-44(37)49(60)55(47(36)58)31-13-7-27(8-14-31)6-9-28-22-34(63-2)17-21-41(28)64-3/h6-18,20-25,36-38,44,46,54,57H,19,26H2,1-5H3/t36-,37+,38-,44-,46+,51+/m0/s1. The highest BCUT2D eigenvalue weighted by Crippen LogP contribution is 2.66. The molecule has 0 bridgehead atoms. The molecule has 9 rings (SSSR count). The molecule has 2 aliphatic heterocycles. The number of amides is 4. The number of anilines is 2. The van der Waals surface area contributed by atoms with Crippen LogP contribution in [-0.4, -0.2) is 69.3 Å². The van der Waals surface area contributed by atoms with Crippen LogP contribution < -0.4 is 34.0 Å². The fraction of sp³-hybridized carbons (Fsp3) is 0.255. The molecule has 6 atom stereocenters. The summed E-state index contributed by atoms with van der Waals surface area (Å²) in [5, 5.41) is 12.4. The number of carbonyl (C=O) groups is 4. The average Bonchev–Trinajstić information content (AvgIpc) is 3.71. The second-order valence-corrected chi connectivity index (χ2v) is 17.4. The van der Waals surface area contributed by atoms with Crippen molar-refractivity contribution in [1.82, 2.24) is 5.01 Å². The number of hydrazine groups is 1. The quantitative estimate of drug-likeness (QED) is 0.0700. The Hall–Kier alpha value is -6.96. The van der Waals surface area contributed by atoms with Gasteiger partial charge < -0.3 is 28.8 Å². The zero-order chi connectivity index (χ0) is 46.6. The SMILES string of the molecule is COc1ccc([C@@]23C(=O)N(Nc4ccc(Cl)cc4Cl)C(=O)[C@@H]2C[C@@H]2C(=CC[C@@H]4C(=O)N(c5ccc(C=Cc6cc(OC)ccc6OC)cc5)C(=O)[C@@H]42)[C@@H]3c2c(OC)cc(O)cc2OC)cc1. The smallest absolute Gasteiger partial charge is 0.260 e. The van der Waals surface area contributed by atoms with Crippen molar-refractivity contribution < 1.29 is 48.0 Å². The fourth-order valence-corrected chi connectivity index (χ4v) is 11.0. The van der Waals surface area contributed by atoms with Crippen LogP contribution in [0.25, 0.3) is 12.2 Å². The van der Waals surface area contributed by atoms with Gasteiger partial charge in [0.1, 0.15) is 34.5 Å². The van der Waals surface area contributed by atoms with Crippen molar-refractivity contribution in [1.29, 1.82) is 0 Å². The molecule has 0 spiro atoms. The van der Waals surface area contributed by atoms with E-state index in [1.165, 1.54) is 44.4 Å². The van der Waals surface area contributed by atoms with Crippen molar-refractivity contribution in [3.8, 4) is 34.5 Å². The molecule has 2 heterocycles. The van der Waals surface area contributed by atoms with Crippen molar-refractivity contribution in [2.75, 3.05) is 45.9 Å². The number of benzene rings is 5. The van der Waals surface area contributed by atoms with Gasteiger partial charge in [-0.1, -0.05) is 71.3 Å². The van der Waals surface area contributed by atoms with E-state index in [4.69, 9.17) is 46.9 Å². The Kier molecular flexibility index (Phi) is 11.7. The Balaban J connectivity index is 1.16. The van der Waals surface area contributed by atoms with E-state index in [9.17, 15) is 9.90 Å². The van der Waals surface area contributed by atoms with E-state index in [2.05, 4.69) is 5.43 Å². The van der Waals surface area contributed by atoms with Gasteiger partial charge in [0.2, 0.25) is 11.8 Å². The Labute approximate surface area is 391 Å². The van der Waals surface area contributed by atoms with E-state index in [-0.39, 0.29) is 46.7 Å². The molecule has 2 aliphatic carbocycles. The van der Waals surface area contributed by atoms with Gasteiger partial charge in [0.15, 0.2) is 0 Å². The van der Waals surface area contributed by atoms with Crippen LogP contribution in [0.5, 0.6) is 34.5 Å². The zero-order valence-corrected chi connectivity index (χ0v) is 38.1. The number of phenols is 1. The van der Waals surface area contributed by atoms with E-state index in [1.54, 1.807) is 62.8 Å². The summed E-state index contributed by atoms with van der Waals surface area (Å²) in [4.78, 5) is 61.8. The summed E-state index contributed by atoms with van der Waals surface area (Å²) in [7, 11) is 7.59. The lowest BCUT2D eigenvalue weighted by molar-refractivity contribution is -0.138. The number of allylic oxidation sites excluding steroid dienone is 2. The van der Waals surface area contributed by atoms with Crippen LogP contribution in [0.1, 0.15) is 41.0 Å². The number of phenolic OH excluding ortho intramolecular Hbond substituents is 1. The third-order valence-corrected chi connectivity index (χ3v) is 14.0. The maximum absolute atomic E-state index is 15.8. The molecule has 1 saturated carbocycles. The van der Waals surface area contributed by atoms with Crippen molar-refractivity contribution in [2.45, 2.75) is 24.2 Å². The van der Waals surface area contributed by atoms with Crippen LogP contribution in [0.4, 0.5) is 11.4 Å². The Morgan fingerprint density at radius 3 is 2.00 bits per heavy atom. The van der Waals surface area contributed by atoms with Crippen LogP contribution in [0.2, 0.25) is 10.0 Å². The van der Waals surface area contributed by atoms with Gasteiger partial charge in [-0.05, 0) is 90.6 Å². The highest BCUT2D eigenvalue weighted by Gasteiger charge is 2.71. The van der Waals surface area contributed by atoms with Gasteiger partial charge in [0, 0.05) is 34.2 Å². The van der Waals surface area contributed by atoms with Gasteiger partial charge >= 0.3 is 0 Å². The third kappa shape index (κ3) is 7.08. The molecule has 0 unspecified atom stereocenters. The van der Waals surface area contributed by atoms with Gasteiger partial charge in [-0.15, -0.1) is 0 Å². The maximum atomic E-state index is 15.8. The van der Waals surface area contributed by atoms with E-state index in [0.717, 1.165) is 16.1 Å². The van der Waals surface area contributed by atoms with Crippen molar-refractivity contribution in [3.63, 3.8) is 0 Å². The number of carbonyl (C=O) groups excluding carboxylic acids is 4. The van der Waals surface area contributed by atoms with Crippen molar-refractivity contribution >= 4 is 70.4 Å². The second kappa shape index (κ2) is 17.4. The number of imide groups is 2. The monoisotopic (exact) mass is 929 g/mol. The number of nitrogens with zero attached hydrogens (tertiary/aromatic N) is 2. The minimum atomic E-state index is -1.70. The van der Waals surface area contributed by atoms with E-state index >= 15 is 14.4 Å². The first kappa shape index (κ1) is 44.3. The topological polar surface area (TPSA) is 153 Å². The summed E-state index contributed by atoms with van der Waals surface area (Å²) >= 11 is 12.9. The first-order chi connectivity index (χ1) is 31.9. The van der Waals surface area contributed by atoms with Crippen molar-refractivity contribution in [2.24, 2.45) is 23.7 Å². The first-order valence-electron chi connectivity index (χ1n) is 21.2. The third-order valence-electron chi connectivity index (χ3n) is 13.4. The zero-order valence-electron chi connectivity index (χ0n) is 36.5. The number of hydrogen-bond donors (Lipinski definition) is 2. The van der Waals surface area contributed by atoms with Gasteiger partial charge in [0.05, 0.1) is 75.1 Å². The van der Waals surface area contributed by atoms with Crippen LogP contribution >= 0.6 is 23.2 Å². The Morgan fingerprint density at radius 2 is 1.36 bits per heavy atom. The largest absolute Gasteiger partial charge is 0.508 e. The minimum Gasteiger partial charge on any atom is -0.508 e. The molecule has 2 N–H and O–H groups in total. The number of rotatable bonds is 12. The van der Waals surface area contributed by atoms with Crippen LogP contribution in [0, 0.1) is 23.7 Å². The molecule has 0 radical (unpaired) electrons. The van der Waals surface area contributed by atoms with Crippen molar-refractivity contribution in [3.05, 3.63) is 141 Å². The lowest BCUT2D eigenvalue weighted by Gasteiger charge is -2.51. The number of halogens is 2. The van der Waals surface area contributed by atoms with E-state index in [1.807, 2.05) is 48.6 Å². The maximum Gasteiger partial charge on any atom is 0.260 e. The second-order valence-electron chi connectivity index (χ2n) is 16.5. The highest BCUT2D eigenvalue weighted by atomic mass is 35.5. The van der Waals surface area contributed by atoms with E-state index < -0.39 is 52.7 Å². The summed E-state index contributed by atoms with van der Waals surface area (Å²) in [6, 6.07) is 27.1. The molecule has 13 nitrogen and oxygen atoms in total. The van der Waals surface area contributed by atoms with Gasteiger partial charge in [-0.2, -0.15) is 5.01 Å². The molecule has 15 heteroatoms. The molecule has 5 aromatic rings. The summed E-state index contributed by atoms with van der Waals surface area (Å²) in [6.07, 6.45) is 5.92. The molecular formula is C51H45Cl2N3O10. The van der Waals surface area contributed by atoms with Gasteiger partial charge in [-0.3, -0.25) is 29.5 Å². The molecule has 338 valence electrons. The lowest BCUT2D eigenvalue weighted by atomic mass is 9.49. The van der Waals surface area contributed by atoms with Crippen LogP contribution in [-0.2, 0) is 24.6 Å². The molecule has 2 saturated heterocycles. The predicted octanol–water partition coefficient (Wildman–Crippen LogP) is 9.10. The van der Waals surface area contributed by atoms with Gasteiger partial charge in [-0.25, -0.2) is 0 Å². The van der Waals surface area contributed by atoms with Crippen LogP contribution in [0.15, 0.2) is 109 Å². The molecule has 3 fully saturated rings. The van der Waals surface area contributed by atoms with E-state index in [0.29, 0.717) is 44.7 Å². The number of aromatic hydroxyl groups is 1. The number of fused-ring (bicyclic) bond motifs is 4. The first-order valence-corrected chi connectivity index (χ1v) is 21.9. The molecular weight excluding hydrogens is 885 g/mol. The number of ether oxygens (including phenoxy) is 5. The average molecular weight is 931 g/mol. The normalized spacial score (nSPS) is 23.3. The van der Waals surface area contributed by atoms with Gasteiger partial charge in [0.25, 0.3) is 11.8 Å². The molecule has 4 amide bonds. The lowest BCUT2D eigenvalue weighted by Crippen LogP contribution is -2.53. The summed E-state index contributed by atoms with van der Waals surface area (Å²) in [6.45, 7) is 0. The fourth-order valence-electron chi connectivity index (χ4n) is 10.5. The molecule has 5 aromatic carbocycles. The molecule has 4 aliphatic rings. The summed E-state index contributed by atoms with van der Waals surface area (Å²) < 4.78 is 28.4. The molecule has 0 aromatic heterocycles. The summed E-state index contributed by atoms with van der Waals surface area (Å²) in [5.41, 5.74) is 5.10. The Bertz CT molecular complexity index is 2820. The number of nitrogens with one attached hydrogen (secondary N) is 1. The summed E-state index contributed by atoms with van der Waals surface area (Å²) in [5.74, 6) is -4.36. The highest BCUT2D eigenvalue weighted by molar-refractivity contribution is 6.36. The predicted molar refractivity (Wildman–Crippen MR) is 249 cm³/mol. The number of hydrogen-bond acceptors (Lipinski definition) is 11. The minimum absolute atomic E-state index is 0.0275. The Morgan fingerprint density at radius 1 is 0.697 bits per heavy atom.